The van der Waals surface area contributed by atoms with E-state index in [1.807, 2.05) is 12.1 Å². The van der Waals surface area contributed by atoms with Crippen LogP contribution in [0.5, 0.6) is 0 Å². The Bertz CT molecular complexity index is 288. The van der Waals surface area contributed by atoms with E-state index in [0.29, 0.717) is 6.10 Å². The van der Waals surface area contributed by atoms with Gasteiger partial charge in [0.25, 0.3) is 0 Å². The summed E-state index contributed by atoms with van der Waals surface area (Å²) in [6.07, 6.45) is 4.92. The van der Waals surface area contributed by atoms with Crippen molar-refractivity contribution in [1.82, 2.24) is 4.90 Å². The number of rotatable bonds is 5. The maximum absolute atomic E-state index is 5.36. The van der Waals surface area contributed by atoms with Gasteiger partial charge in [-0.1, -0.05) is 0 Å². The predicted octanol–water partition coefficient (Wildman–Crippen LogP) is 1.64. The Kier molecular flexibility index (Phi) is 2.07. The largest absolute Gasteiger partial charge is 0.468 e. The summed E-state index contributed by atoms with van der Waals surface area (Å²) in [6.45, 7) is 2.96. The topological polar surface area (TPSA) is 28.9 Å². The van der Waals surface area contributed by atoms with E-state index in [1.54, 1.807) is 6.26 Å². The Labute approximate surface area is 83.6 Å². The van der Waals surface area contributed by atoms with Crippen molar-refractivity contribution in [2.75, 3.05) is 13.2 Å². The van der Waals surface area contributed by atoms with Crippen LogP contribution >= 0.6 is 0 Å². The minimum Gasteiger partial charge on any atom is -0.468 e. The number of nitrogens with zero attached hydrogens (tertiary/aromatic N) is 1. The Morgan fingerprint density at radius 1 is 1.43 bits per heavy atom. The summed E-state index contributed by atoms with van der Waals surface area (Å²) >= 11 is 0. The third kappa shape index (κ3) is 1.99. The highest BCUT2D eigenvalue weighted by molar-refractivity contribution is 5.00. The van der Waals surface area contributed by atoms with Crippen LogP contribution in [0.1, 0.15) is 18.6 Å². The lowest BCUT2D eigenvalue weighted by Gasteiger charge is -2.19. The fourth-order valence-electron chi connectivity index (χ4n) is 1.82. The lowest BCUT2D eigenvalue weighted by Crippen LogP contribution is -2.29. The molecule has 2 fully saturated rings. The van der Waals surface area contributed by atoms with Crippen molar-refractivity contribution < 1.29 is 9.15 Å². The first kappa shape index (κ1) is 8.50. The molecule has 3 rings (SSSR count). The molecule has 2 aliphatic rings. The molecule has 2 heterocycles. The molecule has 0 bridgehead atoms. The molecular weight excluding hydrogens is 178 g/mol. The first-order valence-corrected chi connectivity index (χ1v) is 5.30. The fraction of sp³-hybridized carbons (Fsp3) is 0.636. The second kappa shape index (κ2) is 3.41. The van der Waals surface area contributed by atoms with E-state index < -0.39 is 0 Å². The van der Waals surface area contributed by atoms with Gasteiger partial charge in [0.1, 0.15) is 5.76 Å². The van der Waals surface area contributed by atoms with Crippen molar-refractivity contribution in [3.05, 3.63) is 24.2 Å². The molecule has 0 N–H and O–H groups in total. The maximum atomic E-state index is 5.36. The minimum atomic E-state index is 0.491. The SMILES string of the molecule is c1coc(CN(CC2CO2)C2CC2)c1. The smallest absolute Gasteiger partial charge is 0.117 e. The monoisotopic (exact) mass is 193 g/mol. The van der Waals surface area contributed by atoms with Gasteiger partial charge in [0.05, 0.1) is 25.5 Å². The van der Waals surface area contributed by atoms with Crippen LogP contribution in [0.2, 0.25) is 0 Å². The number of furan rings is 1. The second-order valence-electron chi connectivity index (χ2n) is 4.20. The Morgan fingerprint density at radius 3 is 2.86 bits per heavy atom. The van der Waals surface area contributed by atoms with Crippen molar-refractivity contribution in [3.63, 3.8) is 0 Å². The van der Waals surface area contributed by atoms with Crippen LogP contribution < -0.4 is 0 Å². The summed E-state index contributed by atoms with van der Waals surface area (Å²) in [5.41, 5.74) is 0. The van der Waals surface area contributed by atoms with Gasteiger partial charge in [0.15, 0.2) is 0 Å². The van der Waals surface area contributed by atoms with Gasteiger partial charge in [-0.15, -0.1) is 0 Å². The summed E-state index contributed by atoms with van der Waals surface area (Å²) < 4.78 is 10.6. The molecule has 1 aromatic rings. The van der Waals surface area contributed by atoms with Crippen molar-refractivity contribution >= 4 is 0 Å². The first-order valence-electron chi connectivity index (χ1n) is 5.30. The molecule has 1 atom stereocenters. The van der Waals surface area contributed by atoms with E-state index in [-0.39, 0.29) is 0 Å². The Morgan fingerprint density at radius 2 is 2.29 bits per heavy atom. The second-order valence-corrected chi connectivity index (χ2v) is 4.20. The lowest BCUT2D eigenvalue weighted by atomic mass is 10.3. The van der Waals surface area contributed by atoms with Crippen LogP contribution in [-0.2, 0) is 11.3 Å². The average molecular weight is 193 g/mol. The number of epoxide rings is 1. The highest BCUT2D eigenvalue weighted by atomic mass is 16.6. The first-order chi connectivity index (χ1) is 6.92. The average Bonchev–Trinajstić information content (AvgIpc) is 3.07. The summed E-state index contributed by atoms with van der Waals surface area (Å²) in [6, 6.07) is 4.78. The molecule has 0 aromatic carbocycles. The van der Waals surface area contributed by atoms with Crippen LogP contribution in [0.4, 0.5) is 0 Å². The molecule has 0 amide bonds. The molecule has 14 heavy (non-hydrogen) atoms. The van der Waals surface area contributed by atoms with Gasteiger partial charge in [0, 0.05) is 12.6 Å². The predicted molar refractivity (Wildman–Crippen MR) is 51.9 cm³/mol. The molecule has 1 aliphatic heterocycles. The van der Waals surface area contributed by atoms with Gasteiger partial charge in [-0.25, -0.2) is 0 Å². The Balaban J connectivity index is 1.60. The number of hydrogen-bond acceptors (Lipinski definition) is 3. The highest BCUT2D eigenvalue weighted by Crippen LogP contribution is 2.29. The molecule has 0 spiro atoms. The molecule has 1 saturated heterocycles. The molecule has 76 valence electrons. The van der Waals surface area contributed by atoms with Gasteiger partial charge < -0.3 is 9.15 Å². The van der Waals surface area contributed by atoms with E-state index in [0.717, 1.165) is 31.5 Å². The van der Waals surface area contributed by atoms with E-state index in [2.05, 4.69) is 4.90 Å². The summed E-state index contributed by atoms with van der Waals surface area (Å²) in [5, 5.41) is 0. The van der Waals surface area contributed by atoms with Crippen LogP contribution in [0.3, 0.4) is 0 Å². The summed E-state index contributed by atoms with van der Waals surface area (Å²) in [7, 11) is 0. The van der Waals surface area contributed by atoms with Crippen LogP contribution in [0.15, 0.2) is 22.8 Å². The lowest BCUT2D eigenvalue weighted by molar-refractivity contribution is 0.210. The van der Waals surface area contributed by atoms with Gasteiger partial charge in [-0.3, -0.25) is 4.90 Å². The van der Waals surface area contributed by atoms with E-state index in [9.17, 15) is 0 Å². The van der Waals surface area contributed by atoms with Gasteiger partial charge in [-0.05, 0) is 25.0 Å². The van der Waals surface area contributed by atoms with Crippen molar-refractivity contribution in [2.45, 2.75) is 31.5 Å². The molecule has 1 aliphatic carbocycles. The Hall–Kier alpha value is -0.800. The minimum absolute atomic E-state index is 0.491. The van der Waals surface area contributed by atoms with Gasteiger partial charge in [0.2, 0.25) is 0 Å². The zero-order valence-corrected chi connectivity index (χ0v) is 8.19. The quantitative estimate of drug-likeness (QED) is 0.666. The van der Waals surface area contributed by atoms with Crippen molar-refractivity contribution in [2.24, 2.45) is 0 Å². The molecule has 1 saturated carbocycles. The fourth-order valence-corrected chi connectivity index (χ4v) is 1.82. The zero-order valence-electron chi connectivity index (χ0n) is 8.19. The third-order valence-corrected chi connectivity index (χ3v) is 2.84. The van der Waals surface area contributed by atoms with Crippen molar-refractivity contribution in [1.29, 1.82) is 0 Å². The van der Waals surface area contributed by atoms with Crippen molar-refractivity contribution in [3.8, 4) is 0 Å². The molecule has 3 heteroatoms. The normalized spacial score (nSPS) is 25.6. The summed E-state index contributed by atoms with van der Waals surface area (Å²) in [4.78, 5) is 2.48. The third-order valence-electron chi connectivity index (χ3n) is 2.84. The molecule has 0 radical (unpaired) electrons. The molecule has 1 unspecified atom stereocenters. The van der Waals surface area contributed by atoms with Gasteiger partial charge in [-0.2, -0.15) is 0 Å². The van der Waals surface area contributed by atoms with Gasteiger partial charge >= 0.3 is 0 Å². The molecule has 3 nitrogen and oxygen atoms in total. The zero-order chi connectivity index (χ0) is 9.38. The van der Waals surface area contributed by atoms with E-state index in [4.69, 9.17) is 9.15 Å². The highest BCUT2D eigenvalue weighted by Gasteiger charge is 2.34. The van der Waals surface area contributed by atoms with Crippen LogP contribution in [0.25, 0.3) is 0 Å². The van der Waals surface area contributed by atoms with Crippen LogP contribution in [-0.4, -0.2) is 30.2 Å². The number of hydrogen-bond donors (Lipinski definition) is 0. The standard InChI is InChI=1S/C11H15NO2/c1-2-10(13-5-1)6-12(9-3-4-9)7-11-8-14-11/h1-2,5,9,11H,3-4,6-8H2. The maximum Gasteiger partial charge on any atom is 0.117 e. The summed E-state index contributed by atoms with van der Waals surface area (Å²) in [5.74, 6) is 1.07. The van der Waals surface area contributed by atoms with E-state index in [1.165, 1.54) is 12.8 Å². The van der Waals surface area contributed by atoms with Crippen LogP contribution in [0, 0.1) is 0 Å². The van der Waals surface area contributed by atoms with E-state index >= 15 is 0 Å². The molecular formula is C11H15NO2. The number of ether oxygens (including phenoxy) is 1. The molecule has 1 aromatic heterocycles.